The highest BCUT2D eigenvalue weighted by atomic mass is 16.5. The molecule has 0 aromatic heterocycles. The zero-order chi connectivity index (χ0) is 17.7. The second-order valence-electron chi connectivity index (χ2n) is 5.77. The van der Waals surface area contributed by atoms with Gasteiger partial charge in [0.05, 0.1) is 0 Å². The molecule has 0 fully saturated rings. The zero-order valence-corrected chi connectivity index (χ0v) is 14.3. The van der Waals surface area contributed by atoms with Gasteiger partial charge in [-0.15, -0.1) is 0 Å². The summed E-state index contributed by atoms with van der Waals surface area (Å²) < 4.78 is 5.68. The van der Waals surface area contributed by atoms with Gasteiger partial charge in [-0.25, -0.2) is 0 Å². The molecule has 0 unspecified atom stereocenters. The third kappa shape index (κ3) is 4.35. The molecule has 0 aliphatic carbocycles. The largest absolute Gasteiger partial charge is 0.481 e. The molecule has 2 aromatic rings. The molecule has 0 bridgehead atoms. The molecular formula is C19H22N2O3. The molecular weight excluding hydrogens is 304 g/mol. The van der Waals surface area contributed by atoms with Crippen molar-refractivity contribution in [2.24, 2.45) is 0 Å². The van der Waals surface area contributed by atoms with Crippen LogP contribution in [-0.2, 0) is 4.79 Å². The van der Waals surface area contributed by atoms with Crippen LogP contribution in [0.5, 0.6) is 5.75 Å². The number of rotatable bonds is 4. The van der Waals surface area contributed by atoms with E-state index in [9.17, 15) is 9.59 Å². The Kier molecular flexibility index (Phi) is 5.58. The fourth-order valence-electron chi connectivity index (χ4n) is 2.09. The van der Waals surface area contributed by atoms with E-state index in [1.165, 1.54) is 0 Å². The third-order valence-electron chi connectivity index (χ3n) is 3.84. The second kappa shape index (κ2) is 7.64. The van der Waals surface area contributed by atoms with Crippen molar-refractivity contribution < 1.29 is 14.3 Å². The maximum absolute atomic E-state index is 12.1. The van der Waals surface area contributed by atoms with Gasteiger partial charge in [-0.05, 0) is 57.0 Å². The lowest BCUT2D eigenvalue weighted by molar-refractivity contribution is -0.128. The average Bonchev–Trinajstić information content (AvgIpc) is 2.57. The highest BCUT2D eigenvalue weighted by Gasteiger charge is 2.17. The lowest BCUT2D eigenvalue weighted by Gasteiger charge is -2.17. The van der Waals surface area contributed by atoms with Gasteiger partial charge in [-0.1, -0.05) is 29.8 Å². The van der Waals surface area contributed by atoms with Crippen LogP contribution >= 0.6 is 0 Å². The van der Waals surface area contributed by atoms with Crippen molar-refractivity contribution in [3.05, 3.63) is 64.7 Å². The standard InChI is InChI=1S/C19H22N2O3/c1-12-8-10-16(11-9-12)19(23)21-20-18(22)15(4)24-17-7-5-6-13(2)14(17)3/h5-11,15H,1-4H3,(H,20,22)(H,21,23)/t15-/m1/s1. The van der Waals surface area contributed by atoms with E-state index in [4.69, 9.17) is 4.74 Å². The van der Waals surface area contributed by atoms with E-state index in [0.717, 1.165) is 16.7 Å². The number of aryl methyl sites for hydroxylation is 2. The van der Waals surface area contributed by atoms with Crippen LogP contribution in [0.3, 0.4) is 0 Å². The number of carbonyl (C=O) groups is 2. The molecule has 1 atom stereocenters. The van der Waals surface area contributed by atoms with E-state index in [-0.39, 0.29) is 5.91 Å². The molecule has 2 aromatic carbocycles. The Morgan fingerprint density at radius 2 is 1.62 bits per heavy atom. The highest BCUT2D eigenvalue weighted by molar-refractivity contribution is 5.95. The van der Waals surface area contributed by atoms with E-state index >= 15 is 0 Å². The maximum atomic E-state index is 12.1. The smallest absolute Gasteiger partial charge is 0.279 e. The SMILES string of the molecule is Cc1ccc(C(=O)NNC(=O)[C@@H](C)Oc2cccc(C)c2C)cc1. The number of ether oxygens (including phenoxy) is 1. The molecule has 5 nitrogen and oxygen atoms in total. The van der Waals surface area contributed by atoms with Crippen LogP contribution in [0, 0.1) is 20.8 Å². The van der Waals surface area contributed by atoms with Crippen LogP contribution in [0.25, 0.3) is 0 Å². The highest BCUT2D eigenvalue weighted by Crippen LogP contribution is 2.21. The summed E-state index contributed by atoms with van der Waals surface area (Å²) in [4.78, 5) is 24.1. The lowest BCUT2D eigenvalue weighted by atomic mass is 10.1. The number of hydrogen-bond acceptors (Lipinski definition) is 3. The summed E-state index contributed by atoms with van der Waals surface area (Å²) in [5.74, 6) is -0.138. The predicted molar refractivity (Wildman–Crippen MR) is 92.8 cm³/mol. The summed E-state index contributed by atoms with van der Waals surface area (Å²) in [5, 5.41) is 0. The summed E-state index contributed by atoms with van der Waals surface area (Å²) >= 11 is 0. The van der Waals surface area contributed by atoms with Gasteiger partial charge < -0.3 is 4.74 Å². The topological polar surface area (TPSA) is 67.4 Å². The van der Waals surface area contributed by atoms with Crippen molar-refractivity contribution in [2.45, 2.75) is 33.8 Å². The van der Waals surface area contributed by atoms with Gasteiger partial charge in [0.25, 0.3) is 11.8 Å². The minimum absolute atomic E-state index is 0.373. The molecule has 5 heteroatoms. The Labute approximate surface area is 142 Å². The van der Waals surface area contributed by atoms with Gasteiger partial charge in [-0.2, -0.15) is 0 Å². The van der Waals surface area contributed by atoms with Gasteiger partial charge in [0.1, 0.15) is 5.75 Å². The Hall–Kier alpha value is -2.82. The molecule has 0 aliphatic heterocycles. The number of nitrogens with one attached hydrogen (secondary N) is 2. The van der Waals surface area contributed by atoms with Crippen LogP contribution in [0.1, 0.15) is 34.0 Å². The monoisotopic (exact) mass is 326 g/mol. The van der Waals surface area contributed by atoms with Gasteiger partial charge in [0, 0.05) is 5.56 Å². The quantitative estimate of drug-likeness (QED) is 0.849. The minimum Gasteiger partial charge on any atom is -0.481 e. The maximum Gasteiger partial charge on any atom is 0.279 e. The van der Waals surface area contributed by atoms with E-state index in [2.05, 4.69) is 10.9 Å². The molecule has 126 valence electrons. The number of hydrogen-bond donors (Lipinski definition) is 2. The molecule has 0 heterocycles. The van der Waals surface area contributed by atoms with Crippen LogP contribution in [-0.4, -0.2) is 17.9 Å². The van der Waals surface area contributed by atoms with Crippen LogP contribution in [0.2, 0.25) is 0 Å². The van der Waals surface area contributed by atoms with Gasteiger partial charge in [-0.3, -0.25) is 20.4 Å². The molecule has 2 N–H and O–H groups in total. The van der Waals surface area contributed by atoms with Gasteiger partial charge in [0.15, 0.2) is 6.10 Å². The number of hydrazine groups is 1. The van der Waals surface area contributed by atoms with E-state index in [0.29, 0.717) is 11.3 Å². The van der Waals surface area contributed by atoms with Crippen molar-refractivity contribution >= 4 is 11.8 Å². The fourth-order valence-corrected chi connectivity index (χ4v) is 2.09. The summed E-state index contributed by atoms with van der Waals surface area (Å²) in [5.41, 5.74) is 8.39. The fraction of sp³-hybridized carbons (Fsp3) is 0.263. The van der Waals surface area contributed by atoms with E-state index < -0.39 is 12.0 Å². The average molecular weight is 326 g/mol. The normalized spacial score (nSPS) is 11.5. The predicted octanol–water partition coefficient (Wildman–Crippen LogP) is 2.84. The number of amides is 2. The first kappa shape index (κ1) is 17.5. The molecule has 2 amide bonds. The minimum atomic E-state index is -0.733. The molecule has 0 spiro atoms. The first-order chi connectivity index (χ1) is 11.4. The van der Waals surface area contributed by atoms with Crippen LogP contribution in [0.4, 0.5) is 0 Å². The molecule has 0 saturated carbocycles. The van der Waals surface area contributed by atoms with Gasteiger partial charge >= 0.3 is 0 Å². The van der Waals surface area contributed by atoms with Crippen molar-refractivity contribution in [2.75, 3.05) is 0 Å². The number of benzene rings is 2. The Morgan fingerprint density at radius 3 is 2.29 bits per heavy atom. The number of carbonyl (C=O) groups excluding carboxylic acids is 2. The van der Waals surface area contributed by atoms with Crippen molar-refractivity contribution in [3.8, 4) is 5.75 Å². The van der Waals surface area contributed by atoms with Gasteiger partial charge in [0.2, 0.25) is 0 Å². The zero-order valence-electron chi connectivity index (χ0n) is 14.3. The Morgan fingerprint density at radius 1 is 0.958 bits per heavy atom. The molecule has 24 heavy (non-hydrogen) atoms. The molecule has 2 rings (SSSR count). The third-order valence-corrected chi connectivity index (χ3v) is 3.84. The molecule has 0 saturated heterocycles. The van der Waals surface area contributed by atoms with E-state index in [1.54, 1.807) is 19.1 Å². The van der Waals surface area contributed by atoms with E-state index in [1.807, 2.05) is 51.1 Å². The molecule has 0 radical (unpaired) electrons. The second-order valence-corrected chi connectivity index (χ2v) is 5.77. The Balaban J connectivity index is 1.91. The van der Waals surface area contributed by atoms with Crippen molar-refractivity contribution in [3.63, 3.8) is 0 Å². The lowest BCUT2D eigenvalue weighted by Crippen LogP contribution is -2.47. The summed E-state index contributed by atoms with van der Waals surface area (Å²) in [6, 6.07) is 12.7. The van der Waals surface area contributed by atoms with Crippen LogP contribution < -0.4 is 15.6 Å². The first-order valence-electron chi connectivity index (χ1n) is 7.78. The summed E-state index contributed by atoms with van der Waals surface area (Å²) in [7, 11) is 0. The van der Waals surface area contributed by atoms with Crippen molar-refractivity contribution in [1.82, 2.24) is 10.9 Å². The molecule has 0 aliphatic rings. The first-order valence-corrected chi connectivity index (χ1v) is 7.78. The van der Waals surface area contributed by atoms with Crippen LogP contribution in [0.15, 0.2) is 42.5 Å². The van der Waals surface area contributed by atoms with Crippen molar-refractivity contribution in [1.29, 1.82) is 0 Å². The summed E-state index contributed by atoms with van der Waals surface area (Å²) in [6.07, 6.45) is -0.733. The summed E-state index contributed by atoms with van der Waals surface area (Å²) in [6.45, 7) is 7.49. The Bertz CT molecular complexity index is 739.